The molecular formula is C17H28N2O2. The van der Waals surface area contributed by atoms with Crippen LogP contribution in [0.3, 0.4) is 0 Å². The van der Waals surface area contributed by atoms with E-state index in [1.807, 2.05) is 13.0 Å². The van der Waals surface area contributed by atoms with E-state index in [9.17, 15) is 9.90 Å². The second kappa shape index (κ2) is 9.40. The van der Waals surface area contributed by atoms with E-state index in [-0.39, 0.29) is 11.7 Å². The number of benzene rings is 1. The summed E-state index contributed by atoms with van der Waals surface area (Å²) < 4.78 is 0. The Morgan fingerprint density at radius 2 is 2.05 bits per heavy atom. The van der Waals surface area contributed by atoms with Gasteiger partial charge in [0, 0.05) is 24.7 Å². The Hall–Kier alpha value is -1.55. The molecule has 0 saturated carbocycles. The minimum Gasteiger partial charge on any atom is -0.508 e. The Labute approximate surface area is 128 Å². The van der Waals surface area contributed by atoms with Crippen molar-refractivity contribution in [3.63, 3.8) is 0 Å². The molecule has 1 unspecified atom stereocenters. The maximum absolute atomic E-state index is 12.4. The van der Waals surface area contributed by atoms with Crippen LogP contribution in [0.4, 0.5) is 5.69 Å². The number of anilines is 1. The lowest BCUT2D eigenvalue weighted by Gasteiger charge is -2.23. The van der Waals surface area contributed by atoms with Gasteiger partial charge in [-0.15, -0.1) is 0 Å². The Bertz CT molecular complexity index is 429. The number of hydrogen-bond acceptors (Lipinski definition) is 3. The number of phenolic OH excluding ortho intramolecular Hbond substituents is 1. The summed E-state index contributed by atoms with van der Waals surface area (Å²) in [6.07, 6.45) is 4.67. The van der Waals surface area contributed by atoms with Gasteiger partial charge in [0.1, 0.15) is 5.75 Å². The molecular weight excluding hydrogens is 264 g/mol. The highest BCUT2D eigenvalue weighted by atomic mass is 16.3. The second-order valence-electron chi connectivity index (χ2n) is 5.43. The van der Waals surface area contributed by atoms with E-state index >= 15 is 0 Å². The lowest BCUT2D eigenvalue weighted by molar-refractivity contribution is -0.118. The Balaban J connectivity index is 2.62. The van der Waals surface area contributed by atoms with Crippen molar-refractivity contribution < 1.29 is 9.90 Å². The first-order valence-electron chi connectivity index (χ1n) is 7.91. The van der Waals surface area contributed by atoms with Crippen molar-refractivity contribution in [1.29, 1.82) is 0 Å². The Kier molecular flexibility index (Phi) is 7.83. The average molecular weight is 292 g/mol. The van der Waals surface area contributed by atoms with Crippen molar-refractivity contribution in [2.75, 3.05) is 18.0 Å². The fourth-order valence-electron chi connectivity index (χ4n) is 2.70. The first kappa shape index (κ1) is 17.5. The summed E-state index contributed by atoms with van der Waals surface area (Å²) in [5, 5.41) is 9.55. The van der Waals surface area contributed by atoms with Crippen LogP contribution in [-0.2, 0) is 4.79 Å². The van der Waals surface area contributed by atoms with Gasteiger partial charge in [-0.3, -0.25) is 4.79 Å². The number of nitrogens with two attached hydrogens (primary N) is 1. The maximum atomic E-state index is 12.4. The zero-order valence-corrected chi connectivity index (χ0v) is 13.2. The molecule has 0 saturated heterocycles. The number of phenols is 1. The lowest BCUT2D eigenvalue weighted by atomic mass is 9.94. The van der Waals surface area contributed by atoms with Gasteiger partial charge in [0.15, 0.2) is 0 Å². The number of rotatable bonds is 9. The molecule has 0 aliphatic heterocycles. The van der Waals surface area contributed by atoms with Crippen LogP contribution >= 0.6 is 0 Å². The molecule has 4 heteroatoms. The third-order valence-electron chi connectivity index (χ3n) is 3.80. The van der Waals surface area contributed by atoms with E-state index in [0.29, 0.717) is 25.4 Å². The predicted molar refractivity (Wildman–Crippen MR) is 87.4 cm³/mol. The van der Waals surface area contributed by atoms with E-state index in [0.717, 1.165) is 31.4 Å². The minimum atomic E-state index is 0.112. The molecule has 0 aliphatic rings. The van der Waals surface area contributed by atoms with Crippen LogP contribution in [0.25, 0.3) is 0 Å². The SMILES string of the molecule is CCCC(CCN)CCC(=O)N(CC)c1cccc(O)c1. The molecule has 3 N–H and O–H groups in total. The van der Waals surface area contributed by atoms with Crippen LogP contribution in [0.15, 0.2) is 24.3 Å². The van der Waals surface area contributed by atoms with Crippen LogP contribution in [0.5, 0.6) is 5.75 Å². The van der Waals surface area contributed by atoms with Crippen LogP contribution in [0.1, 0.15) is 46.0 Å². The summed E-state index contributed by atoms with van der Waals surface area (Å²) in [4.78, 5) is 14.1. The number of hydrogen-bond donors (Lipinski definition) is 2. The standard InChI is InChI=1S/C17H28N2O2/c1-3-6-14(11-12-18)9-10-17(21)19(4-2)15-7-5-8-16(20)13-15/h5,7-8,13-14,20H,3-4,6,9-12,18H2,1-2H3. The zero-order chi connectivity index (χ0) is 15.7. The summed E-state index contributed by atoms with van der Waals surface area (Å²) in [6.45, 7) is 5.41. The van der Waals surface area contributed by atoms with Gasteiger partial charge in [-0.2, -0.15) is 0 Å². The quantitative estimate of drug-likeness (QED) is 0.734. The molecule has 1 atom stereocenters. The zero-order valence-electron chi connectivity index (χ0n) is 13.2. The molecule has 21 heavy (non-hydrogen) atoms. The summed E-state index contributed by atoms with van der Waals surface area (Å²) in [7, 11) is 0. The molecule has 0 bridgehead atoms. The van der Waals surface area contributed by atoms with Crippen LogP contribution in [-0.4, -0.2) is 24.1 Å². The van der Waals surface area contributed by atoms with Gasteiger partial charge in [0.2, 0.25) is 5.91 Å². The van der Waals surface area contributed by atoms with E-state index in [1.54, 1.807) is 23.1 Å². The highest BCUT2D eigenvalue weighted by molar-refractivity contribution is 5.93. The number of nitrogens with zero attached hydrogens (tertiary/aromatic N) is 1. The number of carbonyl (C=O) groups excluding carboxylic acids is 1. The van der Waals surface area contributed by atoms with Gasteiger partial charge in [-0.1, -0.05) is 25.8 Å². The molecule has 1 aromatic carbocycles. The van der Waals surface area contributed by atoms with Crippen molar-refractivity contribution in [3.05, 3.63) is 24.3 Å². The first-order valence-corrected chi connectivity index (χ1v) is 7.91. The maximum Gasteiger partial charge on any atom is 0.226 e. The molecule has 4 nitrogen and oxygen atoms in total. The van der Waals surface area contributed by atoms with E-state index in [4.69, 9.17) is 5.73 Å². The predicted octanol–water partition coefficient (Wildman–Crippen LogP) is 3.29. The van der Waals surface area contributed by atoms with Gasteiger partial charge in [-0.25, -0.2) is 0 Å². The summed E-state index contributed by atoms with van der Waals surface area (Å²) in [6, 6.07) is 6.85. The van der Waals surface area contributed by atoms with Gasteiger partial charge < -0.3 is 15.7 Å². The van der Waals surface area contributed by atoms with Crippen LogP contribution in [0.2, 0.25) is 0 Å². The molecule has 0 heterocycles. The number of carbonyl (C=O) groups is 1. The summed E-state index contributed by atoms with van der Waals surface area (Å²) >= 11 is 0. The third kappa shape index (κ3) is 5.76. The monoisotopic (exact) mass is 292 g/mol. The average Bonchev–Trinajstić information content (AvgIpc) is 2.46. The molecule has 1 amide bonds. The smallest absolute Gasteiger partial charge is 0.226 e. The second-order valence-corrected chi connectivity index (χ2v) is 5.43. The molecule has 0 aromatic heterocycles. The Morgan fingerprint density at radius 1 is 1.29 bits per heavy atom. The van der Waals surface area contributed by atoms with Crippen molar-refractivity contribution in [2.45, 2.75) is 46.0 Å². The summed E-state index contributed by atoms with van der Waals surface area (Å²) in [5.41, 5.74) is 6.39. The fraction of sp³-hybridized carbons (Fsp3) is 0.588. The van der Waals surface area contributed by atoms with Gasteiger partial charge in [0.05, 0.1) is 0 Å². The van der Waals surface area contributed by atoms with Crippen molar-refractivity contribution >= 4 is 11.6 Å². The van der Waals surface area contributed by atoms with E-state index in [2.05, 4.69) is 6.92 Å². The fourth-order valence-corrected chi connectivity index (χ4v) is 2.70. The lowest BCUT2D eigenvalue weighted by Crippen LogP contribution is -2.30. The molecule has 0 spiro atoms. The van der Waals surface area contributed by atoms with Crippen molar-refractivity contribution in [3.8, 4) is 5.75 Å². The van der Waals surface area contributed by atoms with Crippen LogP contribution < -0.4 is 10.6 Å². The number of aromatic hydroxyl groups is 1. The molecule has 118 valence electrons. The van der Waals surface area contributed by atoms with Gasteiger partial charge in [-0.05, 0) is 44.4 Å². The van der Waals surface area contributed by atoms with E-state index < -0.39 is 0 Å². The first-order chi connectivity index (χ1) is 10.1. The third-order valence-corrected chi connectivity index (χ3v) is 3.80. The largest absolute Gasteiger partial charge is 0.508 e. The molecule has 0 aliphatic carbocycles. The highest BCUT2D eigenvalue weighted by Gasteiger charge is 2.16. The Morgan fingerprint density at radius 3 is 2.62 bits per heavy atom. The highest BCUT2D eigenvalue weighted by Crippen LogP contribution is 2.23. The number of amides is 1. The van der Waals surface area contributed by atoms with E-state index in [1.165, 1.54) is 0 Å². The molecule has 0 fully saturated rings. The van der Waals surface area contributed by atoms with Gasteiger partial charge >= 0.3 is 0 Å². The molecule has 1 rings (SSSR count). The van der Waals surface area contributed by atoms with Crippen molar-refractivity contribution in [2.24, 2.45) is 11.7 Å². The normalized spacial score (nSPS) is 12.1. The molecule has 0 radical (unpaired) electrons. The summed E-state index contributed by atoms with van der Waals surface area (Å²) in [5.74, 6) is 0.832. The molecule has 1 aromatic rings. The van der Waals surface area contributed by atoms with Crippen molar-refractivity contribution in [1.82, 2.24) is 0 Å². The van der Waals surface area contributed by atoms with Gasteiger partial charge in [0.25, 0.3) is 0 Å². The topological polar surface area (TPSA) is 66.6 Å². The minimum absolute atomic E-state index is 0.112. The van der Waals surface area contributed by atoms with Crippen LogP contribution in [0, 0.1) is 5.92 Å².